The molecule has 2 N–H and O–H groups in total. The number of nitrogens with two attached hydrogens (primary N) is 1. The van der Waals surface area contributed by atoms with E-state index >= 15 is 0 Å². The molecule has 1 aromatic heterocycles. The van der Waals surface area contributed by atoms with Gasteiger partial charge in [-0.15, -0.1) is 11.3 Å². The fourth-order valence-electron chi connectivity index (χ4n) is 2.56. The predicted octanol–water partition coefficient (Wildman–Crippen LogP) is 1.34. The summed E-state index contributed by atoms with van der Waals surface area (Å²) in [6, 6.07) is 1.35. The number of nitrogens with zero attached hydrogens (tertiary/aromatic N) is 1. The van der Waals surface area contributed by atoms with Crippen LogP contribution in [0.5, 0.6) is 0 Å². The first kappa shape index (κ1) is 17.9. The third kappa shape index (κ3) is 4.76. The topological polar surface area (TPSA) is 107 Å². The minimum atomic E-state index is -3.84. The van der Waals surface area contributed by atoms with Crippen LogP contribution in [-0.2, 0) is 19.6 Å². The van der Waals surface area contributed by atoms with Gasteiger partial charge in [0.2, 0.25) is 10.0 Å². The van der Waals surface area contributed by atoms with Crippen molar-refractivity contribution in [1.82, 2.24) is 4.90 Å². The summed E-state index contributed by atoms with van der Waals surface area (Å²) in [4.78, 5) is 25.6. The molecule has 0 unspecified atom stereocenters. The summed E-state index contributed by atoms with van der Waals surface area (Å²) < 4.78 is 27.2. The van der Waals surface area contributed by atoms with Crippen molar-refractivity contribution in [2.75, 3.05) is 13.7 Å². The number of carbonyl (C=O) groups is 2. The number of thiophene rings is 1. The normalized spacial score (nSPS) is 16.1. The lowest BCUT2D eigenvalue weighted by Crippen LogP contribution is -2.40. The zero-order chi connectivity index (χ0) is 17.0. The molecule has 23 heavy (non-hydrogen) atoms. The maximum atomic E-state index is 12.1. The summed E-state index contributed by atoms with van der Waals surface area (Å²) in [5, 5.41) is 6.33. The quantitative estimate of drug-likeness (QED) is 0.798. The van der Waals surface area contributed by atoms with Crippen molar-refractivity contribution >= 4 is 33.2 Å². The second-order valence-corrected chi connectivity index (χ2v) is 8.27. The molecule has 0 spiro atoms. The zero-order valence-corrected chi connectivity index (χ0v) is 14.5. The number of hydrogen-bond acceptors (Lipinski definition) is 6. The SMILES string of the molecule is CN(C(=O)COC(=O)c1csc(S(N)(=O)=O)c1)C1CCCCC1. The lowest BCUT2D eigenvalue weighted by molar-refractivity contribution is -0.135. The van der Waals surface area contributed by atoms with Crippen LogP contribution in [0.3, 0.4) is 0 Å². The highest BCUT2D eigenvalue weighted by molar-refractivity contribution is 7.91. The Morgan fingerprint density at radius 2 is 2.00 bits per heavy atom. The molecule has 1 heterocycles. The number of esters is 1. The molecule has 1 aliphatic carbocycles. The first-order valence-corrected chi connectivity index (χ1v) is 9.76. The first-order chi connectivity index (χ1) is 10.8. The van der Waals surface area contributed by atoms with Crippen LogP contribution >= 0.6 is 11.3 Å². The largest absolute Gasteiger partial charge is 0.452 e. The van der Waals surface area contributed by atoms with E-state index in [0.717, 1.165) is 43.1 Å². The second kappa shape index (κ2) is 7.41. The van der Waals surface area contributed by atoms with Crippen LogP contribution in [0.25, 0.3) is 0 Å². The highest BCUT2D eigenvalue weighted by Gasteiger charge is 2.23. The number of sulfonamides is 1. The van der Waals surface area contributed by atoms with Crippen LogP contribution in [0.4, 0.5) is 0 Å². The lowest BCUT2D eigenvalue weighted by atomic mass is 9.94. The number of ether oxygens (including phenoxy) is 1. The molecule has 1 saturated carbocycles. The van der Waals surface area contributed by atoms with Gasteiger partial charge in [-0.2, -0.15) is 0 Å². The number of carbonyl (C=O) groups excluding carboxylic acids is 2. The molecule has 0 atom stereocenters. The van der Waals surface area contributed by atoms with Crippen molar-refractivity contribution in [3.8, 4) is 0 Å². The monoisotopic (exact) mass is 360 g/mol. The van der Waals surface area contributed by atoms with Gasteiger partial charge in [-0.25, -0.2) is 18.4 Å². The van der Waals surface area contributed by atoms with E-state index < -0.39 is 16.0 Å². The third-order valence-electron chi connectivity index (χ3n) is 3.93. The Hall–Kier alpha value is -1.45. The summed E-state index contributed by atoms with van der Waals surface area (Å²) in [6.45, 7) is -0.355. The van der Waals surface area contributed by atoms with Crippen LogP contribution in [0.2, 0.25) is 0 Å². The summed E-state index contributed by atoms with van der Waals surface area (Å²) in [5.74, 6) is -0.992. The number of hydrogen-bond donors (Lipinski definition) is 1. The van der Waals surface area contributed by atoms with Gasteiger partial charge in [0.1, 0.15) is 4.21 Å². The highest BCUT2D eigenvalue weighted by Crippen LogP contribution is 2.22. The average molecular weight is 360 g/mol. The molecule has 0 aromatic carbocycles. The Bertz CT molecular complexity index is 677. The van der Waals surface area contributed by atoms with Crippen molar-refractivity contribution in [3.63, 3.8) is 0 Å². The standard InChI is InChI=1S/C14H20N2O5S2/c1-16(11-5-3-2-4-6-11)12(17)8-21-14(18)10-7-13(22-9-10)23(15,19)20/h7,9,11H,2-6,8H2,1H3,(H2,15,19,20). The van der Waals surface area contributed by atoms with Crippen LogP contribution in [0.15, 0.2) is 15.7 Å². The van der Waals surface area contributed by atoms with E-state index in [9.17, 15) is 18.0 Å². The summed E-state index contributed by atoms with van der Waals surface area (Å²) in [6.07, 6.45) is 5.34. The molecular weight excluding hydrogens is 340 g/mol. The predicted molar refractivity (Wildman–Crippen MR) is 85.6 cm³/mol. The smallest absolute Gasteiger partial charge is 0.339 e. The maximum absolute atomic E-state index is 12.1. The van der Waals surface area contributed by atoms with Crippen molar-refractivity contribution in [3.05, 3.63) is 17.0 Å². The maximum Gasteiger partial charge on any atom is 0.339 e. The molecule has 1 fully saturated rings. The Morgan fingerprint density at radius 1 is 1.35 bits per heavy atom. The molecule has 0 saturated heterocycles. The summed E-state index contributed by atoms with van der Waals surface area (Å²) in [5.41, 5.74) is 0.0761. The van der Waals surface area contributed by atoms with Crippen LogP contribution in [-0.4, -0.2) is 44.9 Å². The minimum absolute atomic E-state index is 0.0761. The lowest BCUT2D eigenvalue weighted by Gasteiger charge is -2.31. The minimum Gasteiger partial charge on any atom is -0.452 e. The van der Waals surface area contributed by atoms with Crippen molar-refractivity contribution in [2.45, 2.75) is 42.4 Å². The van der Waals surface area contributed by atoms with Gasteiger partial charge in [-0.1, -0.05) is 19.3 Å². The Kier molecular flexibility index (Phi) is 5.77. The van der Waals surface area contributed by atoms with Gasteiger partial charge in [0.25, 0.3) is 5.91 Å². The van der Waals surface area contributed by atoms with E-state index in [-0.39, 0.29) is 28.3 Å². The van der Waals surface area contributed by atoms with Gasteiger partial charge in [0.15, 0.2) is 6.61 Å². The molecule has 128 valence electrons. The fraction of sp³-hybridized carbons (Fsp3) is 0.571. The van der Waals surface area contributed by atoms with Gasteiger partial charge >= 0.3 is 5.97 Å². The van der Waals surface area contributed by atoms with Gasteiger partial charge in [0, 0.05) is 18.5 Å². The van der Waals surface area contributed by atoms with E-state index in [0.29, 0.717) is 0 Å². The van der Waals surface area contributed by atoms with Crippen molar-refractivity contribution < 1.29 is 22.7 Å². The Balaban J connectivity index is 1.88. The molecule has 1 aromatic rings. The van der Waals surface area contributed by atoms with Gasteiger partial charge < -0.3 is 9.64 Å². The van der Waals surface area contributed by atoms with Crippen LogP contribution in [0, 0.1) is 0 Å². The molecular formula is C14H20N2O5S2. The van der Waals surface area contributed by atoms with E-state index in [1.807, 2.05) is 0 Å². The van der Waals surface area contributed by atoms with Gasteiger partial charge in [0.05, 0.1) is 5.56 Å². The molecule has 9 heteroatoms. The zero-order valence-electron chi connectivity index (χ0n) is 12.9. The van der Waals surface area contributed by atoms with Crippen molar-refractivity contribution in [2.24, 2.45) is 5.14 Å². The molecule has 0 aliphatic heterocycles. The molecule has 2 rings (SSSR count). The number of likely N-dealkylation sites (N-methyl/N-ethyl adjacent to an activating group) is 1. The van der Waals surface area contributed by atoms with E-state index in [1.54, 1.807) is 11.9 Å². The Labute approximate surface area is 139 Å². The average Bonchev–Trinajstić information content (AvgIpc) is 3.02. The van der Waals surface area contributed by atoms with Crippen molar-refractivity contribution in [1.29, 1.82) is 0 Å². The second-order valence-electron chi connectivity index (χ2n) is 5.57. The summed E-state index contributed by atoms with van der Waals surface area (Å²) in [7, 11) is -2.12. The van der Waals surface area contributed by atoms with Crippen LogP contribution in [0.1, 0.15) is 42.5 Å². The highest BCUT2D eigenvalue weighted by atomic mass is 32.2. The number of rotatable bonds is 5. The molecule has 0 radical (unpaired) electrons. The van der Waals surface area contributed by atoms with E-state index in [2.05, 4.69) is 0 Å². The Morgan fingerprint density at radius 3 is 2.57 bits per heavy atom. The molecule has 1 aliphatic rings. The fourth-order valence-corrected chi connectivity index (χ4v) is 4.13. The van der Waals surface area contributed by atoms with E-state index in [4.69, 9.17) is 9.88 Å². The summed E-state index contributed by atoms with van der Waals surface area (Å²) >= 11 is 0.839. The molecule has 1 amide bonds. The van der Waals surface area contributed by atoms with Gasteiger partial charge in [-0.05, 0) is 18.9 Å². The number of primary sulfonamides is 1. The molecule has 7 nitrogen and oxygen atoms in total. The molecule has 0 bridgehead atoms. The van der Waals surface area contributed by atoms with E-state index in [1.165, 1.54) is 11.8 Å². The third-order valence-corrected chi connectivity index (χ3v) is 6.32. The van der Waals surface area contributed by atoms with Crippen LogP contribution < -0.4 is 5.14 Å². The first-order valence-electron chi connectivity index (χ1n) is 7.33. The van der Waals surface area contributed by atoms with Gasteiger partial charge in [-0.3, -0.25) is 4.79 Å². The number of amides is 1.